The topological polar surface area (TPSA) is 172 Å². The highest BCUT2D eigenvalue weighted by atomic mass is 32.2. The zero-order chi connectivity index (χ0) is 19.8. The van der Waals surface area contributed by atoms with E-state index in [1.54, 1.807) is 0 Å². The van der Waals surface area contributed by atoms with E-state index in [0.29, 0.717) is 0 Å². The molecule has 3 rings (SSSR count). The third kappa shape index (κ3) is 4.20. The first-order chi connectivity index (χ1) is 12.5. The lowest BCUT2D eigenvalue weighted by atomic mass is 10.2. The summed E-state index contributed by atoms with van der Waals surface area (Å²) in [6.45, 7) is 0. The first-order valence-electron chi connectivity index (χ1n) is 7.23. The lowest BCUT2D eigenvalue weighted by Gasteiger charge is -2.07. The van der Waals surface area contributed by atoms with E-state index in [4.69, 9.17) is 5.73 Å². The van der Waals surface area contributed by atoms with Crippen LogP contribution in [0.2, 0.25) is 0 Å². The van der Waals surface area contributed by atoms with E-state index >= 15 is 0 Å². The van der Waals surface area contributed by atoms with Gasteiger partial charge in [0.2, 0.25) is 5.95 Å². The third-order valence-corrected chi connectivity index (χ3v) is 5.28. The van der Waals surface area contributed by atoms with Crippen LogP contribution in [0.1, 0.15) is 0 Å². The minimum Gasteiger partial charge on any atom is -0.368 e. The van der Waals surface area contributed by atoms with Gasteiger partial charge in [-0.15, -0.1) is 0 Å². The summed E-state index contributed by atoms with van der Waals surface area (Å²) < 4.78 is 46.7. The van der Waals surface area contributed by atoms with Gasteiger partial charge in [0, 0.05) is 24.6 Å². The molecule has 0 spiro atoms. The number of sulfone groups is 2. The maximum atomic E-state index is 11.7. The summed E-state index contributed by atoms with van der Waals surface area (Å²) in [5.41, 5.74) is 6.60. The van der Waals surface area contributed by atoms with Gasteiger partial charge in [0.1, 0.15) is 12.7 Å². The Morgan fingerprint density at radius 2 is 1.07 bits per heavy atom. The standard InChI is InChI=1S/C14H13N7O4S2/c1-26(22,23)12-4-8(16-6-18-12)10-3-11(21-14(15)20-10)9-5-13(19-7-17-9)27(2,24)25/h3-7H,1-2H3,(H2,15,20,21). The van der Waals surface area contributed by atoms with Crippen LogP contribution in [0.3, 0.4) is 0 Å². The molecule has 3 aromatic heterocycles. The number of rotatable bonds is 4. The average Bonchev–Trinajstić information content (AvgIpc) is 2.60. The monoisotopic (exact) mass is 407 g/mol. The highest BCUT2D eigenvalue weighted by Crippen LogP contribution is 2.23. The summed E-state index contributed by atoms with van der Waals surface area (Å²) in [6, 6.07) is 3.96. The SMILES string of the molecule is CS(=O)(=O)c1cc(-c2cc(-c3cc(S(C)(=O)=O)ncn3)nc(N)n2)ncn1. The van der Waals surface area contributed by atoms with Crippen molar-refractivity contribution in [3.05, 3.63) is 30.9 Å². The van der Waals surface area contributed by atoms with Gasteiger partial charge >= 0.3 is 0 Å². The highest BCUT2D eigenvalue weighted by Gasteiger charge is 2.16. The predicted octanol–water partition coefficient (Wildman–Crippen LogP) is -0.220. The normalized spacial score (nSPS) is 12.1. The van der Waals surface area contributed by atoms with E-state index in [2.05, 4.69) is 29.9 Å². The quantitative estimate of drug-likeness (QED) is 0.566. The fourth-order valence-electron chi connectivity index (χ4n) is 2.09. The van der Waals surface area contributed by atoms with E-state index in [1.165, 1.54) is 18.2 Å². The van der Waals surface area contributed by atoms with Gasteiger partial charge in [-0.05, 0) is 6.07 Å². The van der Waals surface area contributed by atoms with Crippen LogP contribution in [0.4, 0.5) is 5.95 Å². The smallest absolute Gasteiger partial charge is 0.221 e. The van der Waals surface area contributed by atoms with Crippen LogP contribution in [0.25, 0.3) is 22.8 Å². The van der Waals surface area contributed by atoms with Gasteiger partial charge in [-0.2, -0.15) is 0 Å². The van der Waals surface area contributed by atoms with Crippen LogP contribution in [0.5, 0.6) is 0 Å². The zero-order valence-electron chi connectivity index (χ0n) is 14.1. The fourth-order valence-corrected chi connectivity index (χ4v) is 3.22. The van der Waals surface area contributed by atoms with Crippen LogP contribution >= 0.6 is 0 Å². The van der Waals surface area contributed by atoms with Gasteiger partial charge in [-0.3, -0.25) is 0 Å². The molecule has 0 saturated carbocycles. The molecule has 0 bridgehead atoms. The Balaban J connectivity index is 2.14. The van der Waals surface area contributed by atoms with Crippen molar-refractivity contribution in [3.8, 4) is 22.8 Å². The van der Waals surface area contributed by atoms with E-state index in [9.17, 15) is 16.8 Å². The second-order valence-corrected chi connectivity index (χ2v) is 9.45. The maximum Gasteiger partial charge on any atom is 0.221 e. The molecule has 0 atom stereocenters. The lowest BCUT2D eigenvalue weighted by molar-refractivity contribution is 0.596. The van der Waals surface area contributed by atoms with Gasteiger partial charge in [-0.1, -0.05) is 0 Å². The summed E-state index contributed by atoms with van der Waals surface area (Å²) in [5, 5.41) is -0.347. The van der Waals surface area contributed by atoms with Gasteiger partial charge in [0.15, 0.2) is 29.7 Å². The maximum absolute atomic E-state index is 11.7. The molecule has 0 aromatic carbocycles. The van der Waals surface area contributed by atoms with Crippen molar-refractivity contribution in [2.24, 2.45) is 0 Å². The molecule has 13 heteroatoms. The molecule has 0 saturated heterocycles. The summed E-state index contributed by atoms with van der Waals surface area (Å²) in [7, 11) is -7.08. The second-order valence-electron chi connectivity index (χ2n) is 5.52. The van der Waals surface area contributed by atoms with Gasteiger partial charge in [0.25, 0.3) is 0 Å². The molecule has 0 aliphatic rings. The molecule has 3 heterocycles. The lowest BCUT2D eigenvalue weighted by Crippen LogP contribution is -2.05. The Labute approximate surface area is 154 Å². The molecular formula is C14H13N7O4S2. The number of nitrogens with two attached hydrogens (primary N) is 1. The van der Waals surface area contributed by atoms with Crippen molar-refractivity contribution in [1.82, 2.24) is 29.9 Å². The molecule has 0 fully saturated rings. The Morgan fingerprint density at radius 3 is 1.44 bits per heavy atom. The Bertz CT molecular complexity index is 1150. The van der Waals surface area contributed by atoms with Crippen molar-refractivity contribution >= 4 is 25.6 Å². The van der Waals surface area contributed by atoms with Crippen molar-refractivity contribution in [2.45, 2.75) is 10.1 Å². The molecule has 0 unspecified atom stereocenters. The predicted molar refractivity (Wildman–Crippen MR) is 94.7 cm³/mol. The summed E-state index contributed by atoms with van der Waals surface area (Å²) >= 11 is 0. The molecule has 27 heavy (non-hydrogen) atoms. The minimum absolute atomic E-state index is 0.124. The summed E-state index contributed by atoms with van der Waals surface area (Å²) in [5.74, 6) is -0.124. The van der Waals surface area contributed by atoms with Crippen LogP contribution in [-0.2, 0) is 19.7 Å². The Morgan fingerprint density at radius 1 is 0.667 bits per heavy atom. The molecule has 3 aromatic rings. The average molecular weight is 407 g/mol. The van der Waals surface area contributed by atoms with Gasteiger partial charge in [-0.25, -0.2) is 46.7 Å². The third-order valence-electron chi connectivity index (χ3n) is 3.31. The van der Waals surface area contributed by atoms with Crippen LogP contribution < -0.4 is 5.73 Å². The molecule has 0 radical (unpaired) electrons. The molecule has 0 aliphatic carbocycles. The van der Waals surface area contributed by atoms with Gasteiger partial charge in [0.05, 0.1) is 22.8 Å². The van der Waals surface area contributed by atoms with Crippen molar-refractivity contribution in [1.29, 1.82) is 0 Å². The number of nitrogen functional groups attached to an aromatic ring is 1. The second kappa shape index (κ2) is 6.59. The van der Waals surface area contributed by atoms with Crippen molar-refractivity contribution < 1.29 is 16.8 Å². The number of aromatic nitrogens is 6. The first kappa shape index (κ1) is 18.7. The van der Waals surface area contributed by atoms with Gasteiger partial charge < -0.3 is 5.73 Å². The van der Waals surface area contributed by atoms with Crippen molar-refractivity contribution in [3.63, 3.8) is 0 Å². The summed E-state index contributed by atoms with van der Waals surface area (Å²) in [4.78, 5) is 23.5. The first-order valence-corrected chi connectivity index (χ1v) is 11.0. The number of anilines is 1. The Hall–Kier alpha value is -3.06. The number of hydrogen-bond acceptors (Lipinski definition) is 11. The summed E-state index contributed by atoms with van der Waals surface area (Å²) in [6.07, 6.45) is 4.23. The van der Waals surface area contributed by atoms with E-state index in [-0.39, 0.29) is 38.8 Å². The minimum atomic E-state index is -3.54. The van der Waals surface area contributed by atoms with Crippen LogP contribution in [0, 0.1) is 0 Å². The van der Waals surface area contributed by atoms with E-state index in [1.807, 2.05) is 0 Å². The fraction of sp³-hybridized carbons (Fsp3) is 0.143. The molecule has 0 aliphatic heterocycles. The van der Waals surface area contributed by atoms with Crippen molar-refractivity contribution in [2.75, 3.05) is 18.2 Å². The zero-order valence-corrected chi connectivity index (χ0v) is 15.7. The largest absolute Gasteiger partial charge is 0.368 e. The molecule has 140 valence electrons. The molecule has 0 amide bonds. The van der Waals surface area contributed by atoms with E-state index in [0.717, 1.165) is 25.2 Å². The molecule has 11 nitrogen and oxygen atoms in total. The van der Waals surface area contributed by atoms with Crippen LogP contribution in [-0.4, -0.2) is 59.3 Å². The number of hydrogen-bond donors (Lipinski definition) is 1. The molecule has 2 N–H and O–H groups in total. The molecular weight excluding hydrogens is 394 g/mol. The van der Waals surface area contributed by atoms with E-state index < -0.39 is 19.7 Å². The number of nitrogens with zero attached hydrogens (tertiary/aromatic N) is 6. The Kier molecular flexibility index (Phi) is 4.57. The van der Waals surface area contributed by atoms with Crippen LogP contribution in [0.15, 0.2) is 40.9 Å². The highest BCUT2D eigenvalue weighted by molar-refractivity contribution is 7.90.